The minimum Gasteiger partial charge on any atom is -0.466 e. The first-order chi connectivity index (χ1) is 11.2. The molecule has 23 heavy (non-hydrogen) atoms. The number of alkyl halides is 1. The molecule has 0 rings (SSSR count). The van der Waals surface area contributed by atoms with Crippen LogP contribution in [0.4, 0.5) is 0 Å². The molecule has 0 heterocycles. The van der Waals surface area contributed by atoms with Crippen LogP contribution in [0.1, 0.15) is 84.0 Å². The number of halogens is 1. The summed E-state index contributed by atoms with van der Waals surface area (Å²) in [4.78, 5) is 22.7. The van der Waals surface area contributed by atoms with Crippen molar-refractivity contribution in [3.05, 3.63) is 0 Å². The Hall–Kier alpha value is -0.770. The molecule has 0 saturated heterocycles. The van der Waals surface area contributed by atoms with Gasteiger partial charge in [-0.2, -0.15) is 0 Å². The maximum Gasteiger partial charge on any atom is 0.305 e. The molecular weight excluding hydrogens is 316 g/mol. The summed E-state index contributed by atoms with van der Waals surface area (Å²) in [7, 11) is 0. The maximum absolute atomic E-state index is 11.5. The van der Waals surface area contributed by atoms with Crippen molar-refractivity contribution >= 4 is 23.5 Å². The second kappa shape index (κ2) is 17.6. The Morgan fingerprint density at radius 1 is 0.696 bits per heavy atom. The number of esters is 2. The molecule has 0 spiro atoms. The summed E-state index contributed by atoms with van der Waals surface area (Å²) in [6.07, 6.45) is 11.3. The Morgan fingerprint density at radius 3 is 1.70 bits per heavy atom. The third-order valence-electron chi connectivity index (χ3n) is 3.52. The summed E-state index contributed by atoms with van der Waals surface area (Å²) in [6, 6.07) is 0. The van der Waals surface area contributed by atoms with E-state index >= 15 is 0 Å². The Bertz CT molecular complexity index is 295. The van der Waals surface area contributed by atoms with E-state index in [2.05, 4.69) is 0 Å². The highest BCUT2D eigenvalue weighted by Gasteiger charge is 2.06. The predicted molar refractivity (Wildman–Crippen MR) is 93.7 cm³/mol. The van der Waals surface area contributed by atoms with Crippen molar-refractivity contribution < 1.29 is 19.1 Å². The topological polar surface area (TPSA) is 52.6 Å². The predicted octanol–water partition coefficient (Wildman–Crippen LogP) is 5.01. The van der Waals surface area contributed by atoms with Gasteiger partial charge in [0.15, 0.2) is 0 Å². The molecule has 0 saturated carbocycles. The molecule has 0 bridgehead atoms. The first-order valence-corrected chi connectivity index (χ1v) is 9.61. The second-order valence-electron chi connectivity index (χ2n) is 5.81. The SMILES string of the molecule is CCCOC(=O)CCCC(=O)OCCCCCCCCCCCl. The molecule has 0 amide bonds. The van der Waals surface area contributed by atoms with Gasteiger partial charge < -0.3 is 9.47 Å². The number of rotatable bonds is 16. The summed E-state index contributed by atoms with van der Waals surface area (Å²) in [5.41, 5.74) is 0. The Kier molecular flexibility index (Phi) is 17.0. The smallest absolute Gasteiger partial charge is 0.305 e. The van der Waals surface area contributed by atoms with Gasteiger partial charge in [-0.3, -0.25) is 9.59 Å². The molecule has 0 aromatic rings. The van der Waals surface area contributed by atoms with Crippen molar-refractivity contribution in [2.24, 2.45) is 0 Å². The molecule has 0 N–H and O–H groups in total. The number of hydrogen-bond acceptors (Lipinski definition) is 4. The molecule has 0 unspecified atom stereocenters. The van der Waals surface area contributed by atoms with E-state index in [1.807, 2.05) is 6.92 Å². The second-order valence-corrected chi connectivity index (χ2v) is 6.19. The van der Waals surface area contributed by atoms with Crippen LogP contribution in [-0.4, -0.2) is 31.0 Å². The number of carbonyl (C=O) groups excluding carboxylic acids is 2. The molecule has 0 aromatic carbocycles. The molecule has 0 aliphatic carbocycles. The van der Waals surface area contributed by atoms with Gasteiger partial charge in [0.2, 0.25) is 0 Å². The minimum atomic E-state index is -0.231. The molecule has 0 aromatic heterocycles. The van der Waals surface area contributed by atoms with E-state index < -0.39 is 0 Å². The van der Waals surface area contributed by atoms with Crippen molar-refractivity contribution in [2.75, 3.05) is 19.1 Å². The molecule has 0 atom stereocenters. The third-order valence-corrected chi connectivity index (χ3v) is 3.79. The summed E-state index contributed by atoms with van der Waals surface area (Å²) in [5, 5.41) is 0. The summed E-state index contributed by atoms with van der Waals surface area (Å²) < 4.78 is 10.1. The van der Waals surface area contributed by atoms with Gasteiger partial charge in [-0.15, -0.1) is 11.6 Å². The molecule has 5 heteroatoms. The normalized spacial score (nSPS) is 10.5. The molecule has 4 nitrogen and oxygen atoms in total. The first kappa shape index (κ1) is 22.2. The van der Waals surface area contributed by atoms with Crippen molar-refractivity contribution in [1.82, 2.24) is 0 Å². The van der Waals surface area contributed by atoms with Crippen LogP contribution >= 0.6 is 11.6 Å². The van der Waals surface area contributed by atoms with E-state index in [0.29, 0.717) is 32.5 Å². The standard InChI is InChI=1S/C18H33ClO4/c1-2-15-22-17(20)12-11-13-18(21)23-16-10-8-6-4-3-5-7-9-14-19/h2-16H2,1H3. The summed E-state index contributed by atoms with van der Waals surface area (Å²) in [6.45, 7) is 2.90. The van der Waals surface area contributed by atoms with E-state index in [1.54, 1.807) is 0 Å². The fourth-order valence-electron chi connectivity index (χ4n) is 2.18. The largest absolute Gasteiger partial charge is 0.466 e. The van der Waals surface area contributed by atoms with Crippen LogP contribution < -0.4 is 0 Å². The van der Waals surface area contributed by atoms with Crippen LogP contribution in [0.15, 0.2) is 0 Å². The molecule has 0 aliphatic heterocycles. The lowest BCUT2D eigenvalue weighted by Gasteiger charge is -2.05. The minimum absolute atomic E-state index is 0.214. The van der Waals surface area contributed by atoms with Gasteiger partial charge in [0.25, 0.3) is 0 Å². The first-order valence-electron chi connectivity index (χ1n) is 9.08. The van der Waals surface area contributed by atoms with E-state index in [1.165, 1.54) is 32.1 Å². The Labute approximate surface area is 146 Å². The van der Waals surface area contributed by atoms with E-state index in [0.717, 1.165) is 31.6 Å². The quantitative estimate of drug-likeness (QED) is 0.223. The highest BCUT2D eigenvalue weighted by atomic mass is 35.5. The van der Waals surface area contributed by atoms with Gasteiger partial charge in [0, 0.05) is 18.7 Å². The Morgan fingerprint density at radius 2 is 1.17 bits per heavy atom. The molecule has 0 fully saturated rings. The zero-order valence-electron chi connectivity index (χ0n) is 14.6. The van der Waals surface area contributed by atoms with Gasteiger partial charge in [0.1, 0.15) is 0 Å². The fraction of sp³-hybridized carbons (Fsp3) is 0.889. The lowest BCUT2D eigenvalue weighted by atomic mass is 10.1. The maximum atomic E-state index is 11.5. The van der Waals surface area contributed by atoms with Crippen molar-refractivity contribution in [3.8, 4) is 0 Å². The number of ether oxygens (including phenoxy) is 2. The van der Waals surface area contributed by atoms with Crippen molar-refractivity contribution in [3.63, 3.8) is 0 Å². The lowest BCUT2D eigenvalue weighted by molar-refractivity contribution is -0.145. The number of carbonyl (C=O) groups is 2. The van der Waals surface area contributed by atoms with Crippen LogP contribution in [0.5, 0.6) is 0 Å². The number of unbranched alkanes of at least 4 members (excludes halogenated alkanes) is 7. The highest BCUT2D eigenvalue weighted by Crippen LogP contribution is 2.09. The van der Waals surface area contributed by atoms with Crippen LogP contribution in [0.3, 0.4) is 0 Å². The van der Waals surface area contributed by atoms with Crippen LogP contribution in [0, 0.1) is 0 Å². The zero-order chi connectivity index (χ0) is 17.2. The summed E-state index contributed by atoms with van der Waals surface area (Å²) in [5.74, 6) is 0.325. The van der Waals surface area contributed by atoms with E-state index in [-0.39, 0.29) is 11.9 Å². The van der Waals surface area contributed by atoms with Crippen LogP contribution in [0.25, 0.3) is 0 Å². The van der Waals surface area contributed by atoms with E-state index in [4.69, 9.17) is 21.1 Å². The van der Waals surface area contributed by atoms with E-state index in [9.17, 15) is 9.59 Å². The van der Waals surface area contributed by atoms with Gasteiger partial charge in [-0.25, -0.2) is 0 Å². The zero-order valence-corrected chi connectivity index (χ0v) is 15.4. The van der Waals surface area contributed by atoms with Gasteiger partial charge in [-0.1, -0.05) is 45.4 Å². The molecular formula is C18H33ClO4. The highest BCUT2D eigenvalue weighted by molar-refractivity contribution is 6.17. The van der Waals surface area contributed by atoms with Gasteiger partial charge in [-0.05, 0) is 25.7 Å². The monoisotopic (exact) mass is 348 g/mol. The molecule has 136 valence electrons. The molecule has 0 aliphatic rings. The molecule has 0 radical (unpaired) electrons. The van der Waals surface area contributed by atoms with Gasteiger partial charge in [0.05, 0.1) is 13.2 Å². The third kappa shape index (κ3) is 17.4. The lowest BCUT2D eigenvalue weighted by Crippen LogP contribution is -2.09. The fourth-order valence-corrected chi connectivity index (χ4v) is 2.37. The number of hydrogen-bond donors (Lipinski definition) is 0. The van der Waals surface area contributed by atoms with Crippen LogP contribution in [0.2, 0.25) is 0 Å². The average molecular weight is 349 g/mol. The summed E-state index contributed by atoms with van der Waals surface area (Å²) >= 11 is 5.63. The average Bonchev–Trinajstić information content (AvgIpc) is 2.54. The van der Waals surface area contributed by atoms with Crippen molar-refractivity contribution in [2.45, 2.75) is 84.0 Å². The van der Waals surface area contributed by atoms with Crippen LogP contribution in [-0.2, 0) is 19.1 Å². The van der Waals surface area contributed by atoms with Gasteiger partial charge >= 0.3 is 11.9 Å². The Balaban J connectivity index is 3.26. The van der Waals surface area contributed by atoms with Crippen molar-refractivity contribution in [1.29, 1.82) is 0 Å².